The number of nitrogens with one attached hydrogen (secondary N) is 1. The van der Waals surface area contributed by atoms with Crippen LogP contribution in [0.4, 0.5) is 0 Å². The second-order valence-corrected chi connectivity index (χ2v) is 5.60. The second-order valence-electron chi connectivity index (χ2n) is 3.75. The maximum Gasteiger partial charge on any atom is 0.339 e. The Kier molecular flexibility index (Phi) is 5.07. The van der Waals surface area contributed by atoms with Crippen LogP contribution in [0.2, 0.25) is 0 Å². The lowest BCUT2D eigenvalue weighted by Crippen LogP contribution is -2.20. The van der Waals surface area contributed by atoms with Gasteiger partial charge in [0.1, 0.15) is 16.7 Å². The summed E-state index contributed by atoms with van der Waals surface area (Å²) in [5.74, 6) is -0.682. The van der Waals surface area contributed by atoms with Gasteiger partial charge in [-0.15, -0.1) is 0 Å². The molecule has 0 aliphatic rings. The Morgan fingerprint density at radius 2 is 2.10 bits per heavy atom. The first-order chi connectivity index (χ1) is 9.35. The predicted octanol–water partition coefficient (Wildman–Crippen LogP) is 0.672. The molecule has 0 spiro atoms. The van der Waals surface area contributed by atoms with E-state index >= 15 is 0 Å². The molecule has 8 heteroatoms. The molecule has 0 aliphatic heterocycles. The number of methoxy groups -OCH3 is 1. The minimum absolute atomic E-state index is 0.0155. The maximum atomic E-state index is 11.8. The smallest absolute Gasteiger partial charge is 0.339 e. The van der Waals surface area contributed by atoms with Gasteiger partial charge in [-0.2, -0.15) is 5.26 Å². The fourth-order valence-corrected chi connectivity index (χ4v) is 2.30. The molecule has 1 rings (SSSR count). The summed E-state index contributed by atoms with van der Waals surface area (Å²) in [5, 5.41) is 8.58. The van der Waals surface area contributed by atoms with Gasteiger partial charge in [0.25, 0.3) is 0 Å². The van der Waals surface area contributed by atoms with E-state index in [1.807, 2.05) is 0 Å². The monoisotopic (exact) mass is 298 g/mol. The highest BCUT2D eigenvalue weighted by Crippen LogP contribution is 2.25. The molecule has 1 atom stereocenters. The van der Waals surface area contributed by atoms with Crippen molar-refractivity contribution < 1.29 is 22.7 Å². The molecular weight excluding hydrogens is 284 g/mol. The molecule has 0 bridgehead atoms. The molecule has 0 unspecified atom stereocenters. The van der Waals surface area contributed by atoms with Crippen LogP contribution >= 0.6 is 0 Å². The molecule has 0 saturated heterocycles. The fraction of sp³-hybridized carbons (Fsp3) is 0.333. The van der Waals surface area contributed by atoms with Crippen molar-refractivity contribution in [1.82, 2.24) is 4.72 Å². The van der Waals surface area contributed by atoms with Crippen molar-refractivity contribution in [3.63, 3.8) is 0 Å². The Morgan fingerprint density at radius 3 is 2.60 bits per heavy atom. The van der Waals surface area contributed by atoms with Crippen LogP contribution in [0.3, 0.4) is 0 Å². The second kappa shape index (κ2) is 6.36. The van der Waals surface area contributed by atoms with Crippen molar-refractivity contribution in [3.05, 3.63) is 23.8 Å². The molecule has 0 amide bonds. The molecule has 0 aromatic heterocycles. The Bertz CT molecular complexity index is 648. The highest BCUT2D eigenvalue weighted by molar-refractivity contribution is 7.89. The van der Waals surface area contributed by atoms with Crippen LogP contribution in [0.15, 0.2) is 23.1 Å². The lowest BCUT2D eigenvalue weighted by molar-refractivity contribution is 0.0435. The molecule has 0 radical (unpaired) electrons. The van der Waals surface area contributed by atoms with Gasteiger partial charge in [-0.05, 0) is 32.2 Å². The summed E-state index contributed by atoms with van der Waals surface area (Å²) in [6.07, 6.45) is -0.922. The number of ether oxygens (including phenoxy) is 2. The molecule has 7 nitrogen and oxygen atoms in total. The number of nitriles is 1. The van der Waals surface area contributed by atoms with E-state index in [0.29, 0.717) is 0 Å². The molecule has 1 aromatic rings. The van der Waals surface area contributed by atoms with Crippen LogP contribution < -0.4 is 9.46 Å². The molecule has 0 fully saturated rings. The van der Waals surface area contributed by atoms with Gasteiger partial charge in [0.2, 0.25) is 10.0 Å². The largest absolute Gasteiger partial charge is 0.495 e. The van der Waals surface area contributed by atoms with Gasteiger partial charge in [-0.3, -0.25) is 0 Å². The third-order valence-corrected chi connectivity index (χ3v) is 3.86. The van der Waals surface area contributed by atoms with Crippen molar-refractivity contribution in [1.29, 1.82) is 5.26 Å². The number of carbonyl (C=O) groups is 1. The van der Waals surface area contributed by atoms with Crippen LogP contribution in [0.5, 0.6) is 5.75 Å². The average molecular weight is 298 g/mol. The van der Waals surface area contributed by atoms with E-state index in [1.165, 1.54) is 33.2 Å². The number of esters is 1. The molecule has 0 aliphatic carbocycles. The molecule has 1 aromatic carbocycles. The standard InChI is InChI=1S/C12H14N2O5S/c1-8(7-13)19-12(15)9-4-5-10(18-3)11(6-9)20(16,17)14-2/h4-6,8,14H,1-3H3/t8-/m0/s1. The Labute approximate surface area is 117 Å². The summed E-state index contributed by atoms with van der Waals surface area (Å²) < 4.78 is 35.6. The lowest BCUT2D eigenvalue weighted by Gasteiger charge is -2.11. The zero-order valence-corrected chi connectivity index (χ0v) is 12.0. The summed E-state index contributed by atoms with van der Waals surface area (Å²) in [7, 11) is -1.21. The van der Waals surface area contributed by atoms with Gasteiger partial charge in [-0.1, -0.05) is 0 Å². The van der Waals surface area contributed by atoms with E-state index < -0.39 is 22.1 Å². The summed E-state index contributed by atoms with van der Waals surface area (Å²) in [4.78, 5) is 11.6. The summed E-state index contributed by atoms with van der Waals surface area (Å²) in [6, 6.07) is 5.59. The average Bonchev–Trinajstić information content (AvgIpc) is 2.46. The maximum absolute atomic E-state index is 11.8. The van der Waals surface area contributed by atoms with Crippen LogP contribution in [-0.4, -0.2) is 34.6 Å². The van der Waals surface area contributed by atoms with Gasteiger partial charge >= 0.3 is 5.97 Å². The highest BCUT2D eigenvalue weighted by Gasteiger charge is 2.21. The summed E-state index contributed by atoms with van der Waals surface area (Å²) >= 11 is 0. The summed E-state index contributed by atoms with van der Waals surface area (Å²) in [6.45, 7) is 1.41. The van der Waals surface area contributed by atoms with E-state index in [-0.39, 0.29) is 16.2 Å². The zero-order valence-electron chi connectivity index (χ0n) is 11.2. The quantitative estimate of drug-likeness (QED) is 0.801. The third-order valence-electron chi connectivity index (χ3n) is 2.42. The molecule has 108 valence electrons. The third kappa shape index (κ3) is 3.46. The minimum atomic E-state index is -3.78. The lowest BCUT2D eigenvalue weighted by atomic mass is 10.2. The Morgan fingerprint density at radius 1 is 1.45 bits per heavy atom. The van der Waals surface area contributed by atoms with Gasteiger partial charge in [0.15, 0.2) is 6.10 Å². The van der Waals surface area contributed by atoms with Crippen LogP contribution in [0, 0.1) is 11.3 Å². The number of nitrogens with zero attached hydrogens (tertiary/aromatic N) is 1. The SMILES string of the molecule is CNS(=O)(=O)c1cc(C(=O)O[C@@H](C)C#N)ccc1OC. The van der Waals surface area contributed by atoms with Gasteiger partial charge in [0, 0.05) is 0 Å². The number of hydrogen-bond donors (Lipinski definition) is 1. The number of carbonyl (C=O) groups excluding carboxylic acids is 1. The number of sulfonamides is 1. The fourth-order valence-electron chi connectivity index (χ4n) is 1.38. The Balaban J connectivity index is 3.24. The number of hydrogen-bond acceptors (Lipinski definition) is 6. The first-order valence-electron chi connectivity index (χ1n) is 5.58. The van der Waals surface area contributed by atoms with Gasteiger partial charge in [0.05, 0.1) is 12.7 Å². The van der Waals surface area contributed by atoms with E-state index in [0.717, 1.165) is 6.07 Å². The van der Waals surface area contributed by atoms with Crippen molar-refractivity contribution in [2.24, 2.45) is 0 Å². The predicted molar refractivity (Wildman–Crippen MR) is 69.7 cm³/mol. The summed E-state index contributed by atoms with van der Waals surface area (Å²) in [5.41, 5.74) is 0.0155. The van der Waals surface area contributed by atoms with Crippen molar-refractivity contribution in [2.75, 3.05) is 14.2 Å². The van der Waals surface area contributed by atoms with Crippen LogP contribution in [0.25, 0.3) is 0 Å². The number of benzene rings is 1. The van der Waals surface area contributed by atoms with E-state index in [1.54, 1.807) is 6.07 Å². The Hall–Kier alpha value is -2.11. The zero-order chi connectivity index (χ0) is 15.3. The molecular formula is C12H14N2O5S. The van der Waals surface area contributed by atoms with Crippen molar-refractivity contribution >= 4 is 16.0 Å². The highest BCUT2D eigenvalue weighted by atomic mass is 32.2. The van der Waals surface area contributed by atoms with Crippen molar-refractivity contribution in [3.8, 4) is 11.8 Å². The molecule has 0 heterocycles. The van der Waals surface area contributed by atoms with Crippen LogP contribution in [-0.2, 0) is 14.8 Å². The van der Waals surface area contributed by atoms with E-state index in [2.05, 4.69) is 4.72 Å². The molecule has 0 saturated carbocycles. The first-order valence-corrected chi connectivity index (χ1v) is 7.06. The van der Waals surface area contributed by atoms with Crippen molar-refractivity contribution in [2.45, 2.75) is 17.9 Å². The van der Waals surface area contributed by atoms with Gasteiger partial charge < -0.3 is 9.47 Å². The van der Waals surface area contributed by atoms with Crippen LogP contribution in [0.1, 0.15) is 17.3 Å². The topological polar surface area (TPSA) is 105 Å². The normalized spacial score (nSPS) is 12.3. The first kappa shape index (κ1) is 15.9. The minimum Gasteiger partial charge on any atom is -0.495 e. The molecule has 20 heavy (non-hydrogen) atoms. The van der Waals surface area contributed by atoms with E-state index in [4.69, 9.17) is 14.7 Å². The number of rotatable bonds is 5. The molecule has 1 N–H and O–H groups in total. The van der Waals surface area contributed by atoms with E-state index in [9.17, 15) is 13.2 Å². The van der Waals surface area contributed by atoms with Gasteiger partial charge in [-0.25, -0.2) is 17.9 Å².